The van der Waals surface area contributed by atoms with Crippen LogP contribution in [0.1, 0.15) is 27.7 Å². The Hall–Kier alpha value is -0.730. The summed E-state index contributed by atoms with van der Waals surface area (Å²) >= 11 is 0. The first-order valence-electron chi connectivity index (χ1n) is 6.30. The maximum Gasteiger partial charge on any atom is 3.00 e. The van der Waals surface area contributed by atoms with Crippen LogP contribution >= 0.6 is 0 Å². The number of ketones is 2. The van der Waals surface area contributed by atoms with Gasteiger partial charge in [0.15, 0.2) is 11.6 Å². The normalized spacial score (nSPS) is 8.55. The Balaban J connectivity index is -0.0000000492. The summed E-state index contributed by atoms with van der Waals surface area (Å²) in [5, 5.41) is 6.13. The van der Waals surface area contributed by atoms with E-state index in [9.17, 15) is 9.59 Å². The Labute approximate surface area is 146 Å². The van der Waals surface area contributed by atoms with Gasteiger partial charge in [0.1, 0.15) is 0 Å². The number of rotatable bonds is 8. The van der Waals surface area contributed by atoms with E-state index < -0.39 is 0 Å². The zero-order valence-corrected chi connectivity index (χ0v) is 16.7. The van der Waals surface area contributed by atoms with Crippen LogP contribution in [-0.2, 0) is 32.0 Å². The zero-order valence-electron chi connectivity index (χ0n) is 13.5. The first-order valence-corrected chi connectivity index (χ1v) is 6.30. The molecule has 0 aromatic carbocycles. The molecule has 0 aliphatic carbocycles. The second-order valence-corrected chi connectivity index (χ2v) is 3.64. The molecule has 0 saturated carbocycles. The van der Waals surface area contributed by atoms with Crippen LogP contribution in [0.4, 0.5) is 0 Å². The molecule has 0 spiro atoms. The molecule has 0 aliphatic rings. The van der Waals surface area contributed by atoms with Crippen LogP contribution in [0, 0.1) is 0 Å². The molecule has 0 radical (unpaired) electrons. The summed E-state index contributed by atoms with van der Waals surface area (Å²) in [5.41, 5.74) is 0. The summed E-state index contributed by atoms with van der Waals surface area (Å²) in [5.74, 6) is 0.209. The van der Waals surface area contributed by atoms with Crippen LogP contribution in [-0.4, -0.2) is 37.7 Å². The number of hydrogen-bond donors (Lipinski definition) is 2. The third kappa shape index (κ3) is 50.6. The van der Waals surface area contributed by atoms with Gasteiger partial charge in [0.05, 0.1) is 0 Å². The maximum atomic E-state index is 10.3. The minimum absolute atomic E-state index is 0. The molecule has 22 heavy (non-hydrogen) atoms. The van der Waals surface area contributed by atoms with Crippen molar-refractivity contribution >= 4 is 11.6 Å². The van der Waals surface area contributed by atoms with Gasteiger partial charge in [-0.05, 0) is 39.1 Å². The molecule has 0 unspecified atom stereocenters. The molecule has 130 valence electrons. The van der Waals surface area contributed by atoms with Crippen LogP contribution in [0.5, 0.6) is 0 Å². The van der Waals surface area contributed by atoms with Gasteiger partial charge in [-0.2, -0.15) is 0 Å². The monoisotopic (exact) mass is 492 g/mol. The molecule has 0 aliphatic heterocycles. The van der Waals surface area contributed by atoms with Gasteiger partial charge in [0.2, 0.25) is 0 Å². The smallest absolute Gasteiger partial charge is 1.00 e. The molecular weight excluding hydrogens is 466 g/mol. The minimum Gasteiger partial charge on any atom is -1.00 e. The largest absolute Gasteiger partial charge is 3.00 e. The van der Waals surface area contributed by atoms with Crippen LogP contribution in [0.15, 0.2) is 24.3 Å². The fourth-order valence-corrected chi connectivity index (χ4v) is 0.905. The molecule has 0 atom stereocenters. The quantitative estimate of drug-likeness (QED) is 0.261. The van der Waals surface area contributed by atoms with Gasteiger partial charge in [-0.15, -0.1) is 0 Å². The third-order valence-electron chi connectivity index (χ3n) is 1.73. The van der Waals surface area contributed by atoms with E-state index in [0.717, 1.165) is 26.2 Å². The van der Waals surface area contributed by atoms with Crippen molar-refractivity contribution in [1.29, 1.82) is 0 Å². The van der Waals surface area contributed by atoms with E-state index in [-0.39, 0.29) is 48.1 Å². The summed E-state index contributed by atoms with van der Waals surface area (Å²) in [7, 11) is 0. The number of carbonyl (C=O) groups excluding carboxylic acids is 2. The summed E-state index contributed by atoms with van der Waals surface area (Å²) < 4.78 is 0. The summed E-state index contributed by atoms with van der Waals surface area (Å²) in [6.07, 6.45) is 6.79. The van der Waals surface area contributed by atoms with Crippen molar-refractivity contribution in [2.24, 2.45) is 0 Å². The van der Waals surface area contributed by atoms with Crippen molar-refractivity contribution in [3.05, 3.63) is 24.3 Å². The molecule has 2 N–H and O–H groups in total. The van der Waals surface area contributed by atoms with Crippen molar-refractivity contribution in [2.75, 3.05) is 26.2 Å². The molecule has 0 heterocycles. The molecule has 8 heteroatoms. The van der Waals surface area contributed by atoms with Gasteiger partial charge >= 0.3 is 22.4 Å². The summed E-state index contributed by atoms with van der Waals surface area (Å²) in [6.45, 7) is 10.6. The Morgan fingerprint density at radius 1 is 0.773 bits per heavy atom. The van der Waals surface area contributed by atoms with Gasteiger partial charge in [0, 0.05) is 13.1 Å². The number of likely N-dealkylation sites (N-methyl/N-ethyl adjacent to an activating group) is 2. The molecule has 0 saturated heterocycles. The van der Waals surface area contributed by atoms with Crippen molar-refractivity contribution < 1.29 is 46.1 Å². The molecule has 0 aromatic rings. The van der Waals surface area contributed by atoms with Gasteiger partial charge < -0.3 is 24.7 Å². The van der Waals surface area contributed by atoms with Crippen molar-refractivity contribution in [2.45, 2.75) is 27.7 Å². The molecule has 0 amide bonds. The van der Waals surface area contributed by atoms with Crippen LogP contribution in [0.2, 0.25) is 0 Å². The van der Waals surface area contributed by atoms with Crippen LogP contribution in [0.3, 0.4) is 0 Å². The van der Waals surface area contributed by atoms with E-state index >= 15 is 0 Å². The van der Waals surface area contributed by atoms with E-state index in [4.69, 9.17) is 0 Å². The summed E-state index contributed by atoms with van der Waals surface area (Å²) in [6, 6.07) is 0. The number of nitrogens with one attached hydrogen (secondary N) is 2. The summed E-state index contributed by atoms with van der Waals surface area (Å²) in [4.78, 5) is 20.6. The number of halogens is 3. The van der Waals surface area contributed by atoms with E-state index in [1.807, 2.05) is 26.0 Å². The van der Waals surface area contributed by atoms with E-state index in [2.05, 4.69) is 10.6 Å². The molecule has 0 aromatic heterocycles. The van der Waals surface area contributed by atoms with Gasteiger partial charge in [0.25, 0.3) is 0 Å². The first-order chi connectivity index (χ1) is 8.54. The molecule has 0 rings (SSSR count). The van der Waals surface area contributed by atoms with E-state index in [1.54, 1.807) is 26.0 Å². The molecular formula is C14H26F3N2O2Ta. The maximum absolute atomic E-state index is 10.3. The van der Waals surface area contributed by atoms with E-state index in [1.165, 1.54) is 0 Å². The Morgan fingerprint density at radius 3 is 1.23 bits per heavy atom. The Morgan fingerprint density at radius 2 is 1.05 bits per heavy atom. The zero-order chi connectivity index (χ0) is 14.2. The average molecular weight is 492 g/mol. The number of carbonyl (C=O) groups is 2. The van der Waals surface area contributed by atoms with Crippen LogP contribution in [0.25, 0.3) is 0 Å². The number of allylic oxidation sites excluding steroid dienone is 2. The number of hydrogen-bond acceptors (Lipinski definition) is 4. The molecule has 4 nitrogen and oxygen atoms in total. The topological polar surface area (TPSA) is 58.2 Å². The molecule has 0 bridgehead atoms. The van der Waals surface area contributed by atoms with Crippen molar-refractivity contribution in [3.63, 3.8) is 0 Å². The first kappa shape index (κ1) is 37.5. The van der Waals surface area contributed by atoms with Crippen molar-refractivity contribution in [1.82, 2.24) is 10.6 Å². The molecule has 0 fully saturated rings. The third-order valence-corrected chi connectivity index (χ3v) is 1.73. The fraction of sp³-hybridized carbons (Fsp3) is 0.571. The van der Waals surface area contributed by atoms with Gasteiger partial charge in [-0.3, -0.25) is 9.59 Å². The average Bonchev–Trinajstić information content (AvgIpc) is 2.31. The van der Waals surface area contributed by atoms with Gasteiger partial charge in [-0.1, -0.05) is 26.0 Å². The predicted octanol–water partition coefficient (Wildman–Crippen LogP) is -7.51. The Bertz CT molecular complexity index is 261. The SMILES string of the molecule is CCNCC=CC(C)=O.CCNCC=CC(C)=O.[F-].[F-].[F-].[Ta+3]. The van der Waals surface area contributed by atoms with Crippen molar-refractivity contribution in [3.8, 4) is 0 Å². The van der Waals surface area contributed by atoms with E-state index in [0.29, 0.717) is 0 Å². The minimum atomic E-state index is 0. The Kier molecular flexibility index (Phi) is 55.0. The predicted molar refractivity (Wildman–Crippen MR) is 76.7 cm³/mol. The second kappa shape index (κ2) is 32.3. The standard InChI is InChI=1S/2C7H13NO.3FH.Ta/c2*1-3-8-6-4-5-7(2)9;;;;/h2*4-5,8H,3,6H2,1-2H3;3*1H;/q;;;;;+3/p-3. The second-order valence-electron chi connectivity index (χ2n) is 3.64. The van der Waals surface area contributed by atoms with Gasteiger partial charge in [-0.25, -0.2) is 0 Å². The fourth-order valence-electron chi connectivity index (χ4n) is 0.905. The van der Waals surface area contributed by atoms with Crippen LogP contribution < -0.4 is 24.7 Å².